The highest BCUT2D eigenvalue weighted by atomic mass is 16.6. The highest BCUT2D eigenvalue weighted by molar-refractivity contribution is 5.89. The summed E-state index contributed by atoms with van der Waals surface area (Å²) in [4.78, 5) is 92.8. The van der Waals surface area contributed by atoms with E-state index in [0.717, 1.165) is 103 Å². The van der Waals surface area contributed by atoms with Crippen molar-refractivity contribution in [1.82, 2.24) is 21.3 Å². The first-order valence-corrected chi connectivity index (χ1v) is 34.5. The zero-order chi connectivity index (χ0) is 62.0. The Kier molecular flexibility index (Phi) is 55.5. The summed E-state index contributed by atoms with van der Waals surface area (Å²) in [5, 5.41) is 11.9. The largest absolute Gasteiger partial charge is 0.463 e. The van der Waals surface area contributed by atoms with E-state index in [1.807, 2.05) is 0 Å². The maximum Gasteiger partial charge on any atom is 0.305 e. The highest BCUT2D eigenvalue weighted by Gasteiger charge is 2.38. The van der Waals surface area contributed by atoms with E-state index in [2.05, 4.69) is 53.5 Å². The van der Waals surface area contributed by atoms with Gasteiger partial charge in [-0.25, -0.2) is 0 Å². The number of ether oxygens (including phenoxy) is 3. The fourth-order valence-corrected chi connectivity index (χ4v) is 10.2. The molecule has 0 aliphatic rings. The number of hydrogen-bond acceptors (Lipinski definition) is 12. The van der Waals surface area contributed by atoms with Crippen LogP contribution in [0, 0.1) is 0 Å². The molecular formula is C66H130N8O10+2. The van der Waals surface area contributed by atoms with E-state index in [1.54, 1.807) is 0 Å². The zero-order valence-corrected chi connectivity index (χ0v) is 54.2. The van der Waals surface area contributed by atoms with Crippen LogP contribution in [0.25, 0.3) is 0 Å². The summed E-state index contributed by atoms with van der Waals surface area (Å²) in [6.45, 7) is 7.70. The Balaban J connectivity index is 5.75. The number of rotatable bonds is 62. The molecule has 0 aromatic rings. The van der Waals surface area contributed by atoms with Crippen LogP contribution in [0.4, 0.5) is 0 Å². The van der Waals surface area contributed by atoms with Crippen molar-refractivity contribution < 1.29 is 59.2 Å². The van der Waals surface area contributed by atoms with Crippen molar-refractivity contribution in [3.63, 3.8) is 0 Å². The topological polar surface area (TPSA) is 303 Å². The Labute approximate surface area is 510 Å². The summed E-state index contributed by atoms with van der Waals surface area (Å²) in [6.07, 6.45) is 40.4. The number of esters is 3. The molecule has 14 N–H and O–H groups in total. The Hall–Kier alpha value is -3.87. The Morgan fingerprint density at radius 1 is 0.369 bits per heavy atom. The van der Waals surface area contributed by atoms with E-state index >= 15 is 0 Å². The lowest BCUT2D eigenvalue weighted by atomic mass is 10.0. The fourth-order valence-electron chi connectivity index (χ4n) is 10.2. The summed E-state index contributed by atoms with van der Waals surface area (Å²) < 4.78 is 17.6. The van der Waals surface area contributed by atoms with E-state index in [1.165, 1.54) is 96.3 Å². The average Bonchev–Trinajstić information content (AvgIpc) is 3.64. The molecule has 18 nitrogen and oxygen atoms in total. The molecule has 0 aliphatic carbocycles. The minimum atomic E-state index is -1.47. The number of quaternary nitrogens is 2. The van der Waals surface area contributed by atoms with Crippen LogP contribution >= 0.6 is 0 Å². The van der Waals surface area contributed by atoms with Crippen molar-refractivity contribution in [3.8, 4) is 0 Å². The first-order valence-electron chi connectivity index (χ1n) is 34.5. The van der Waals surface area contributed by atoms with Gasteiger partial charge in [0.1, 0.15) is 31.4 Å². The fraction of sp³-hybridized carbons (Fsp3) is 0.894. The lowest BCUT2D eigenvalue weighted by Crippen LogP contribution is -2.68. The summed E-state index contributed by atoms with van der Waals surface area (Å²) in [5.41, 5.74) is 17.8. The minimum absolute atomic E-state index is 0.102. The molecule has 0 heterocycles. The second kappa shape index (κ2) is 58.2. The standard InChI is InChI=1S/C66H128N8O10/c1-4-7-10-13-16-19-22-27-32-46-60(76)82-53-66(54-83-61(77)47-33-28-23-20-17-14-11-8-5-2,55-84-62(78)48-34-29-24-21-18-15-12-9-6-3)74-59(75)45-31-26-25-30-40-51-72-65(81)58(73-64(80)57(70)43-36-39-50-68)44-37-41-52-71-63(79)56(69)42-35-38-49-67/h56-58H,4-55,67-70H2,1-3H3,(H,71,79)(H,72,81)(H,73,80)(H,74,75)/p+2. The molecule has 0 spiro atoms. The zero-order valence-electron chi connectivity index (χ0n) is 54.2. The smallest absolute Gasteiger partial charge is 0.305 e. The molecule has 0 bridgehead atoms. The van der Waals surface area contributed by atoms with Crippen LogP contribution in [0.1, 0.15) is 310 Å². The highest BCUT2D eigenvalue weighted by Crippen LogP contribution is 2.18. The first-order chi connectivity index (χ1) is 40.8. The predicted octanol–water partition coefficient (Wildman–Crippen LogP) is 9.94. The molecule has 4 amide bonds. The number of amides is 4. The van der Waals surface area contributed by atoms with Crippen LogP contribution in [0.5, 0.6) is 0 Å². The van der Waals surface area contributed by atoms with Crippen LogP contribution in [0.3, 0.4) is 0 Å². The molecule has 0 aromatic carbocycles. The Morgan fingerprint density at radius 2 is 0.679 bits per heavy atom. The molecule has 84 heavy (non-hydrogen) atoms. The van der Waals surface area contributed by atoms with Crippen molar-refractivity contribution in [3.05, 3.63) is 0 Å². The maximum atomic E-state index is 13.9. The molecule has 492 valence electrons. The molecule has 0 radical (unpaired) electrons. The SMILES string of the molecule is CCCCCCCCCCCC(=O)OCC(COC(=O)CCCCCCCCCCC)(COC(=O)CCCCCCCCCCC)NC(=O)CCCCCCCNC(=O)C(CCCCNC(=O)C([NH3+])CCCCN)NC(=O)C([NH3+])CCCCN. The van der Waals surface area contributed by atoms with Crippen LogP contribution in [-0.4, -0.2) is 111 Å². The number of hydrogen-bond donors (Lipinski definition) is 8. The third-order valence-electron chi connectivity index (χ3n) is 15.9. The van der Waals surface area contributed by atoms with Crippen LogP contribution in [-0.2, 0) is 47.8 Å². The molecule has 0 saturated heterocycles. The average molecular weight is 1200 g/mol. The Morgan fingerprint density at radius 3 is 1.06 bits per heavy atom. The minimum Gasteiger partial charge on any atom is -0.463 e. The second-order valence-corrected chi connectivity index (χ2v) is 24.2. The third kappa shape index (κ3) is 49.3. The monoisotopic (exact) mass is 1190 g/mol. The van der Waals surface area contributed by atoms with Gasteiger partial charge in [-0.15, -0.1) is 0 Å². The molecule has 0 aliphatic heterocycles. The van der Waals surface area contributed by atoms with Gasteiger partial charge in [0.25, 0.3) is 11.8 Å². The number of nitrogens with one attached hydrogen (secondary N) is 4. The van der Waals surface area contributed by atoms with E-state index < -0.39 is 35.5 Å². The number of carbonyl (C=O) groups excluding carboxylic acids is 7. The van der Waals surface area contributed by atoms with E-state index in [4.69, 9.17) is 25.7 Å². The van der Waals surface area contributed by atoms with E-state index in [9.17, 15) is 33.6 Å². The van der Waals surface area contributed by atoms with Gasteiger partial charge in [-0.2, -0.15) is 0 Å². The quantitative estimate of drug-likeness (QED) is 0.0160. The van der Waals surface area contributed by atoms with Gasteiger partial charge < -0.3 is 58.4 Å². The van der Waals surface area contributed by atoms with Gasteiger partial charge in [0, 0.05) is 51.6 Å². The molecule has 0 aromatic heterocycles. The molecule has 3 atom stereocenters. The Bertz CT molecular complexity index is 1550. The van der Waals surface area contributed by atoms with Gasteiger partial charge in [-0.05, 0) is 90.1 Å². The normalized spacial score (nSPS) is 12.5. The number of nitrogens with two attached hydrogens (primary N) is 2. The lowest BCUT2D eigenvalue weighted by molar-refractivity contribution is -0.405. The van der Waals surface area contributed by atoms with Crippen LogP contribution < -0.4 is 44.2 Å². The van der Waals surface area contributed by atoms with Crippen molar-refractivity contribution in [2.45, 2.75) is 333 Å². The molecule has 18 heteroatoms. The van der Waals surface area contributed by atoms with Gasteiger partial charge in [-0.3, -0.25) is 33.6 Å². The van der Waals surface area contributed by atoms with Crippen LogP contribution in [0.2, 0.25) is 0 Å². The molecule has 0 fully saturated rings. The van der Waals surface area contributed by atoms with E-state index in [0.29, 0.717) is 90.4 Å². The summed E-state index contributed by atoms with van der Waals surface area (Å²) in [5.74, 6) is -2.21. The van der Waals surface area contributed by atoms with Gasteiger partial charge in [0.2, 0.25) is 11.8 Å². The molecule has 0 saturated carbocycles. The van der Waals surface area contributed by atoms with Crippen molar-refractivity contribution in [2.75, 3.05) is 46.0 Å². The van der Waals surface area contributed by atoms with Gasteiger partial charge in [0.15, 0.2) is 12.1 Å². The third-order valence-corrected chi connectivity index (χ3v) is 15.9. The van der Waals surface area contributed by atoms with Crippen molar-refractivity contribution in [1.29, 1.82) is 0 Å². The van der Waals surface area contributed by atoms with Gasteiger partial charge >= 0.3 is 17.9 Å². The maximum absolute atomic E-state index is 13.9. The summed E-state index contributed by atoms with van der Waals surface area (Å²) in [7, 11) is 0. The summed E-state index contributed by atoms with van der Waals surface area (Å²) in [6, 6.07) is -1.60. The predicted molar refractivity (Wildman–Crippen MR) is 338 cm³/mol. The lowest BCUT2D eigenvalue weighted by Gasteiger charge is -2.33. The molecular weight excluding hydrogens is 1060 g/mol. The second-order valence-electron chi connectivity index (χ2n) is 24.2. The van der Waals surface area contributed by atoms with Crippen molar-refractivity contribution >= 4 is 41.5 Å². The number of unbranched alkanes of at least 4 members (excludes halogenated alkanes) is 31. The molecule has 0 rings (SSSR count). The van der Waals surface area contributed by atoms with Gasteiger partial charge in [-0.1, -0.05) is 194 Å². The van der Waals surface area contributed by atoms with Crippen LogP contribution in [0.15, 0.2) is 0 Å². The van der Waals surface area contributed by atoms with E-state index in [-0.39, 0.29) is 75.2 Å². The first kappa shape index (κ1) is 80.1. The molecule has 3 unspecified atom stereocenters. The van der Waals surface area contributed by atoms with Crippen molar-refractivity contribution in [2.24, 2.45) is 11.5 Å². The van der Waals surface area contributed by atoms with Gasteiger partial charge in [0.05, 0.1) is 0 Å². The number of carbonyl (C=O) groups is 7. The summed E-state index contributed by atoms with van der Waals surface area (Å²) >= 11 is 0.